The zero-order chi connectivity index (χ0) is 13.9. The summed E-state index contributed by atoms with van der Waals surface area (Å²) in [5.74, 6) is 1.37. The molecular weight excluding hydrogens is 244 g/mol. The zero-order valence-electron chi connectivity index (χ0n) is 12.3. The second-order valence-electron chi connectivity index (χ2n) is 5.88. The van der Waals surface area contributed by atoms with E-state index >= 15 is 0 Å². The van der Waals surface area contributed by atoms with Gasteiger partial charge < -0.3 is 4.90 Å². The van der Waals surface area contributed by atoms with Crippen LogP contribution in [0.15, 0.2) is 48.7 Å². The third-order valence-corrected chi connectivity index (χ3v) is 4.38. The second kappa shape index (κ2) is 5.66. The van der Waals surface area contributed by atoms with Crippen LogP contribution in [0, 0.1) is 12.8 Å². The monoisotopic (exact) mass is 266 g/mol. The Morgan fingerprint density at radius 1 is 1.15 bits per heavy atom. The number of anilines is 1. The van der Waals surface area contributed by atoms with Crippen LogP contribution >= 0.6 is 0 Å². The van der Waals surface area contributed by atoms with Crippen molar-refractivity contribution in [3.05, 3.63) is 59.9 Å². The lowest BCUT2D eigenvalue weighted by Gasteiger charge is -2.38. The number of aryl methyl sites for hydroxylation is 1. The van der Waals surface area contributed by atoms with Gasteiger partial charge in [-0.05, 0) is 42.9 Å². The van der Waals surface area contributed by atoms with Crippen LogP contribution in [0.3, 0.4) is 0 Å². The zero-order valence-corrected chi connectivity index (χ0v) is 12.3. The Kier molecular flexibility index (Phi) is 3.72. The van der Waals surface area contributed by atoms with Crippen molar-refractivity contribution in [2.24, 2.45) is 5.92 Å². The van der Waals surface area contributed by atoms with Gasteiger partial charge in [-0.25, -0.2) is 0 Å². The number of hydrogen-bond acceptors (Lipinski definition) is 2. The lowest BCUT2D eigenvalue weighted by molar-refractivity contribution is 0.383. The summed E-state index contributed by atoms with van der Waals surface area (Å²) in [4.78, 5) is 6.79. The molecule has 2 unspecified atom stereocenters. The molecule has 0 amide bonds. The number of rotatable bonds is 2. The molecule has 2 heteroatoms. The highest BCUT2D eigenvalue weighted by Crippen LogP contribution is 2.34. The second-order valence-corrected chi connectivity index (χ2v) is 5.88. The first-order chi connectivity index (χ1) is 9.74. The molecule has 2 atom stereocenters. The molecule has 0 bridgehead atoms. The van der Waals surface area contributed by atoms with Crippen LogP contribution in [-0.4, -0.2) is 18.1 Å². The van der Waals surface area contributed by atoms with Gasteiger partial charge in [-0.3, -0.25) is 4.98 Å². The predicted molar refractivity (Wildman–Crippen MR) is 84.2 cm³/mol. The molecule has 3 rings (SSSR count). The number of aromatic nitrogens is 1. The van der Waals surface area contributed by atoms with Gasteiger partial charge in [0.15, 0.2) is 0 Å². The topological polar surface area (TPSA) is 16.1 Å². The maximum absolute atomic E-state index is 4.29. The first kappa shape index (κ1) is 13.2. The third kappa shape index (κ3) is 2.69. The average Bonchev–Trinajstić information content (AvgIpc) is 2.48. The molecule has 104 valence electrons. The maximum Gasteiger partial charge on any atom is 0.0399 e. The quantitative estimate of drug-likeness (QED) is 0.816. The molecule has 1 fully saturated rings. The summed E-state index contributed by atoms with van der Waals surface area (Å²) < 4.78 is 0. The van der Waals surface area contributed by atoms with Crippen LogP contribution in [0.25, 0.3) is 0 Å². The molecule has 0 radical (unpaired) electrons. The lowest BCUT2D eigenvalue weighted by atomic mass is 9.81. The van der Waals surface area contributed by atoms with Crippen molar-refractivity contribution in [2.75, 3.05) is 18.0 Å². The maximum atomic E-state index is 4.29. The van der Waals surface area contributed by atoms with E-state index in [1.807, 2.05) is 6.20 Å². The van der Waals surface area contributed by atoms with E-state index in [1.165, 1.54) is 17.7 Å². The van der Waals surface area contributed by atoms with E-state index in [-0.39, 0.29) is 0 Å². The highest BCUT2D eigenvalue weighted by Gasteiger charge is 2.27. The normalized spacial score (nSPS) is 22.8. The molecule has 0 aliphatic carbocycles. The fourth-order valence-corrected chi connectivity index (χ4v) is 3.30. The van der Waals surface area contributed by atoms with Gasteiger partial charge in [0.05, 0.1) is 0 Å². The number of benzene rings is 1. The third-order valence-electron chi connectivity index (χ3n) is 4.38. The van der Waals surface area contributed by atoms with E-state index in [2.05, 4.69) is 66.2 Å². The van der Waals surface area contributed by atoms with Crippen LogP contribution in [0.5, 0.6) is 0 Å². The van der Waals surface area contributed by atoms with Gasteiger partial charge in [-0.1, -0.05) is 37.3 Å². The van der Waals surface area contributed by atoms with Crippen LogP contribution in [0.2, 0.25) is 0 Å². The Bertz CT molecular complexity index is 565. The molecule has 0 saturated carbocycles. The largest absolute Gasteiger partial charge is 0.371 e. The average molecular weight is 266 g/mol. The molecular formula is C18H22N2. The summed E-state index contributed by atoms with van der Waals surface area (Å²) in [5.41, 5.74) is 3.90. The Labute approximate surface area is 121 Å². The first-order valence-corrected chi connectivity index (χ1v) is 7.46. The van der Waals surface area contributed by atoms with Crippen LogP contribution in [-0.2, 0) is 0 Å². The molecule has 1 aromatic heterocycles. The number of hydrogen-bond donors (Lipinski definition) is 0. The van der Waals surface area contributed by atoms with Crippen molar-refractivity contribution in [3.63, 3.8) is 0 Å². The smallest absolute Gasteiger partial charge is 0.0399 e. The molecule has 20 heavy (non-hydrogen) atoms. The van der Waals surface area contributed by atoms with Crippen LogP contribution in [0.1, 0.15) is 30.5 Å². The minimum absolute atomic E-state index is 0.680. The van der Waals surface area contributed by atoms with E-state index < -0.39 is 0 Å². The van der Waals surface area contributed by atoms with Crippen molar-refractivity contribution in [3.8, 4) is 0 Å². The van der Waals surface area contributed by atoms with E-state index in [0.717, 1.165) is 18.8 Å². The highest BCUT2D eigenvalue weighted by molar-refractivity contribution is 5.47. The molecule has 0 spiro atoms. The van der Waals surface area contributed by atoms with Crippen LogP contribution < -0.4 is 4.90 Å². The minimum atomic E-state index is 0.680. The number of nitrogens with zero attached hydrogens (tertiary/aromatic N) is 2. The number of piperidine rings is 1. The van der Waals surface area contributed by atoms with Gasteiger partial charge in [0.25, 0.3) is 0 Å². The summed E-state index contributed by atoms with van der Waals surface area (Å²) in [7, 11) is 0. The summed E-state index contributed by atoms with van der Waals surface area (Å²) in [6.45, 7) is 6.69. The predicted octanol–water partition coefficient (Wildman–Crippen LogP) is 4.02. The van der Waals surface area contributed by atoms with Gasteiger partial charge in [0.2, 0.25) is 0 Å². The molecule has 0 N–H and O–H groups in total. The van der Waals surface area contributed by atoms with E-state index in [0.29, 0.717) is 11.8 Å². The molecule has 1 aromatic carbocycles. The van der Waals surface area contributed by atoms with Gasteiger partial charge in [0, 0.05) is 30.7 Å². The fraction of sp³-hybridized carbons (Fsp3) is 0.389. The molecule has 2 heterocycles. The van der Waals surface area contributed by atoms with Crippen molar-refractivity contribution in [2.45, 2.75) is 26.2 Å². The van der Waals surface area contributed by atoms with Gasteiger partial charge in [-0.2, -0.15) is 0 Å². The van der Waals surface area contributed by atoms with Gasteiger partial charge in [-0.15, -0.1) is 0 Å². The van der Waals surface area contributed by atoms with E-state index in [1.54, 1.807) is 0 Å². The van der Waals surface area contributed by atoms with Gasteiger partial charge >= 0.3 is 0 Å². The van der Waals surface area contributed by atoms with Crippen molar-refractivity contribution >= 4 is 5.69 Å². The first-order valence-electron chi connectivity index (χ1n) is 7.46. The Morgan fingerprint density at radius 3 is 2.65 bits per heavy atom. The summed E-state index contributed by atoms with van der Waals surface area (Å²) >= 11 is 0. The SMILES string of the molecule is Cc1cc(N2CCC(c3ccccc3)C(C)C2)ccn1. The van der Waals surface area contributed by atoms with E-state index in [4.69, 9.17) is 0 Å². The van der Waals surface area contributed by atoms with Crippen LogP contribution in [0.4, 0.5) is 5.69 Å². The van der Waals surface area contributed by atoms with Crippen molar-refractivity contribution in [1.82, 2.24) is 4.98 Å². The summed E-state index contributed by atoms with van der Waals surface area (Å²) in [6, 6.07) is 15.3. The summed E-state index contributed by atoms with van der Waals surface area (Å²) in [6.07, 6.45) is 3.14. The molecule has 1 saturated heterocycles. The lowest BCUT2D eigenvalue weighted by Crippen LogP contribution is -2.38. The van der Waals surface area contributed by atoms with Crippen molar-refractivity contribution < 1.29 is 0 Å². The Hall–Kier alpha value is -1.83. The summed E-state index contributed by atoms with van der Waals surface area (Å²) in [5, 5.41) is 0. The van der Waals surface area contributed by atoms with Crippen molar-refractivity contribution in [1.29, 1.82) is 0 Å². The highest BCUT2D eigenvalue weighted by atomic mass is 15.1. The molecule has 2 nitrogen and oxygen atoms in total. The Balaban J connectivity index is 1.74. The molecule has 2 aromatic rings. The Morgan fingerprint density at radius 2 is 1.95 bits per heavy atom. The number of pyridine rings is 1. The minimum Gasteiger partial charge on any atom is -0.371 e. The molecule has 1 aliphatic heterocycles. The molecule has 1 aliphatic rings. The van der Waals surface area contributed by atoms with E-state index in [9.17, 15) is 0 Å². The fourth-order valence-electron chi connectivity index (χ4n) is 3.30. The van der Waals surface area contributed by atoms with Gasteiger partial charge in [0.1, 0.15) is 0 Å². The standard InChI is InChI=1S/C18H22N2/c1-14-13-20(17-8-10-19-15(2)12-17)11-9-18(14)16-6-4-3-5-7-16/h3-8,10,12,14,18H,9,11,13H2,1-2H3.